The molecule has 200 valence electrons. The van der Waals surface area contributed by atoms with Crippen LogP contribution >= 0.6 is 24.8 Å². The van der Waals surface area contributed by atoms with Crippen LogP contribution in [-0.4, -0.2) is 61.3 Å². The molecule has 0 saturated carbocycles. The molecule has 0 radical (unpaired) electrons. The highest BCUT2D eigenvalue weighted by molar-refractivity contribution is 5.90. The van der Waals surface area contributed by atoms with Crippen LogP contribution in [-0.2, 0) is 0 Å². The number of fused-ring (bicyclic) bond motifs is 1. The van der Waals surface area contributed by atoms with Gasteiger partial charge in [-0.3, -0.25) is 0 Å². The Labute approximate surface area is 235 Å². The lowest BCUT2D eigenvalue weighted by molar-refractivity contribution is 0.355. The van der Waals surface area contributed by atoms with Crippen LogP contribution in [0.4, 0.5) is 11.6 Å². The number of aromatic nitrogens is 4. The molecule has 0 aliphatic carbocycles. The maximum atomic E-state index is 5.52. The van der Waals surface area contributed by atoms with E-state index < -0.39 is 0 Å². The minimum absolute atomic E-state index is 0. The van der Waals surface area contributed by atoms with E-state index in [9.17, 15) is 0 Å². The number of nitrogens with zero attached hydrogens (tertiary/aromatic N) is 6. The van der Waals surface area contributed by atoms with Crippen LogP contribution in [0.25, 0.3) is 34.3 Å². The van der Waals surface area contributed by atoms with Crippen molar-refractivity contribution in [1.29, 1.82) is 0 Å². The normalized spacial score (nSPS) is 12.8. The number of methoxy groups -OCH3 is 2. The molecule has 2 aromatic carbocycles. The second-order valence-electron chi connectivity index (χ2n) is 8.88. The summed E-state index contributed by atoms with van der Waals surface area (Å²) >= 11 is 0. The van der Waals surface area contributed by atoms with Gasteiger partial charge in [-0.15, -0.1) is 24.8 Å². The van der Waals surface area contributed by atoms with Gasteiger partial charge in [0.1, 0.15) is 11.6 Å². The summed E-state index contributed by atoms with van der Waals surface area (Å²) < 4.78 is 10.9. The molecule has 0 bridgehead atoms. The molecule has 5 rings (SSSR count). The lowest BCUT2D eigenvalue weighted by Crippen LogP contribution is -2.19. The van der Waals surface area contributed by atoms with E-state index in [1.807, 2.05) is 79.7 Å². The SMILES string of the molecule is COc1ccc(-c2cc(N3CCCC3)nc(/C=C/c3nc(N(C)C)c4ccccc4n3)n2)cc1OC.Cl.Cl. The highest BCUT2D eigenvalue weighted by Gasteiger charge is 2.17. The van der Waals surface area contributed by atoms with Crippen molar-refractivity contribution in [3.05, 3.63) is 60.2 Å². The lowest BCUT2D eigenvalue weighted by atomic mass is 10.1. The summed E-state index contributed by atoms with van der Waals surface area (Å²) in [6, 6.07) is 15.9. The first-order chi connectivity index (χ1) is 17.6. The van der Waals surface area contributed by atoms with Crippen molar-refractivity contribution in [2.24, 2.45) is 0 Å². The monoisotopic (exact) mass is 554 g/mol. The predicted molar refractivity (Wildman–Crippen MR) is 159 cm³/mol. The number of hydrogen-bond donors (Lipinski definition) is 0. The third kappa shape index (κ3) is 6.09. The average Bonchev–Trinajstić information content (AvgIpc) is 3.46. The number of rotatable bonds is 7. The Morgan fingerprint density at radius 1 is 0.789 bits per heavy atom. The summed E-state index contributed by atoms with van der Waals surface area (Å²) in [6.45, 7) is 1.98. The standard InChI is InChI=1S/C28H30N6O2.2ClH/c1-33(2)28-20-9-5-6-10-21(20)29-26(32-28)14-13-25-30-22(18-27(31-25)34-15-7-8-16-34)19-11-12-23(35-3)24(17-19)36-4;;/h5-6,9-14,17-18H,7-8,15-16H2,1-4H3;2*1H/b14-13+;;. The lowest BCUT2D eigenvalue weighted by Gasteiger charge is -2.18. The molecule has 0 spiro atoms. The number of ether oxygens (including phenoxy) is 2. The molecule has 0 N–H and O–H groups in total. The maximum Gasteiger partial charge on any atom is 0.161 e. The number of hydrogen-bond acceptors (Lipinski definition) is 8. The second-order valence-corrected chi connectivity index (χ2v) is 8.88. The van der Waals surface area contributed by atoms with E-state index in [-0.39, 0.29) is 24.8 Å². The molecule has 8 nitrogen and oxygen atoms in total. The summed E-state index contributed by atoms with van der Waals surface area (Å²) in [5.41, 5.74) is 2.65. The van der Waals surface area contributed by atoms with Crippen LogP contribution in [0.1, 0.15) is 24.5 Å². The number of halogens is 2. The predicted octanol–water partition coefficient (Wildman–Crippen LogP) is 5.78. The summed E-state index contributed by atoms with van der Waals surface area (Å²) in [6.07, 6.45) is 6.09. The molecule has 0 unspecified atom stereocenters. The Balaban J connectivity index is 0.00000200. The van der Waals surface area contributed by atoms with Crippen molar-refractivity contribution in [3.63, 3.8) is 0 Å². The van der Waals surface area contributed by atoms with Gasteiger partial charge >= 0.3 is 0 Å². The molecule has 1 aliphatic rings. The zero-order valence-corrected chi connectivity index (χ0v) is 23.6. The fourth-order valence-electron chi connectivity index (χ4n) is 4.42. The molecular formula is C28H32Cl2N6O2. The fraction of sp³-hybridized carbons (Fsp3) is 0.286. The number of para-hydroxylation sites is 1. The Morgan fingerprint density at radius 2 is 1.47 bits per heavy atom. The van der Waals surface area contributed by atoms with Crippen LogP contribution in [0.5, 0.6) is 11.5 Å². The first kappa shape index (κ1) is 28.9. The summed E-state index contributed by atoms with van der Waals surface area (Å²) in [5.74, 6) is 4.35. The Bertz CT molecular complexity index is 1420. The third-order valence-corrected chi connectivity index (χ3v) is 6.24. The quantitative estimate of drug-likeness (QED) is 0.284. The van der Waals surface area contributed by atoms with Gasteiger partial charge in [0, 0.05) is 44.2 Å². The molecule has 0 amide bonds. The fourth-order valence-corrected chi connectivity index (χ4v) is 4.42. The van der Waals surface area contributed by atoms with Gasteiger partial charge in [0.05, 0.1) is 25.4 Å². The van der Waals surface area contributed by atoms with Crippen molar-refractivity contribution in [2.75, 3.05) is 51.2 Å². The molecule has 10 heteroatoms. The van der Waals surface area contributed by atoms with Gasteiger partial charge < -0.3 is 19.3 Å². The van der Waals surface area contributed by atoms with E-state index >= 15 is 0 Å². The summed E-state index contributed by atoms with van der Waals surface area (Å²) in [4.78, 5) is 23.5. The number of anilines is 2. The molecule has 0 atom stereocenters. The zero-order chi connectivity index (χ0) is 25.1. The molecule has 1 fully saturated rings. The van der Waals surface area contributed by atoms with Crippen molar-refractivity contribution >= 4 is 59.5 Å². The highest BCUT2D eigenvalue weighted by Crippen LogP contribution is 2.33. The Kier molecular flexibility index (Phi) is 9.72. The summed E-state index contributed by atoms with van der Waals surface area (Å²) in [7, 11) is 7.24. The average molecular weight is 556 g/mol. The maximum absolute atomic E-state index is 5.52. The van der Waals surface area contributed by atoms with Gasteiger partial charge in [-0.1, -0.05) is 12.1 Å². The van der Waals surface area contributed by atoms with Gasteiger partial charge in [-0.25, -0.2) is 19.9 Å². The van der Waals surface area contributed by atoms with E-state index in [0.29, 0.717) is 23.1 Å². The van der Waals surface area contributed by atoms with E-state index in [4.69, 9.17) is 29.4 Å². The molecule has 2 aromatic heterocycles. The van der Waals surface area contributed by atoms with Gasteiger partial charge in [-0.05, 0) is 55.3 Å². The topological polar surface area (TPSA) is 76.5 Å². The van der Waals surface area contributed by atoms with E-state index in [1.54, 1.807) is 14.2 Å². The minimum Gasteiger partial charge on any atom is -0.493 e. The van der Waals surface area contributed by atoms with Gasteiger partial charge in [0.15, 0.2) is 23.1 Å². The van der Waals surface area contributed by atoms with Gasteiger partial charge in [-0.2, -0.15) is 0 Å². The van der Waals surface area contributed by atoms with Crippen LogP contribution < -0.4 is 19.3 Å². The van der Waals surface area contributed by atoms with E-state index in [2.05, 4.69) is 4.90 Å². The highest BCUT2D eigenvalue weighted by atomic mass is 35.5. The number of benzene rings is 2. The van der Waals surface area contributed by atoms with Crippen LogP contribution in [0.3, 0.4) is 0 Å². The van der Waals surface area contributed by atoms with Crippen molar-refractivity contribution in [1.82, 2.24) is 19.9 Å². The first-order valence-electron chi connectivity index (χ1n) is 12.0. The largest absolute Gasteiger partial charge is 0.493 e. The molecule has 1 aliphatic heterocycles. The first-order valence-corrected chi connectivity index (χ1v) is 12.0. The van der Waals surface area contributed by atoms with Crippen molar-refractivity contribution < 1.29 is 9.47 Å². The molecule has 38 heavy (non-hydrogen) atoms. The smallest absolute Gasteiger partial charge is 0.161 e. The van der Waals surface area contributed by atoms with Crippen molar-refractivity contribution in [3.8, 4) is 22.8 Å². The molecular weight excluding hydrogens is 523 g/mol. The minimum atomic E-state index is 0. The van der Waals surface area contributed by atoms with E-state index in [0.717, 1.165) is 46.9 Å². The third-order valence-electron chi connectivity index (χ3n) is 6.24. The van der Waals surface area contributed by atoms with Crippen LogP contribution in [0.2, 0.25) is 0 Å². The second kappa shape index (κ2) is 12.8. The van der Waals surface area contributed by atoms with Crippen molar-refractivity contribution in [2.45, 2.75) is 12.8 Å². The molecule has 3 heterocycles. The summed E-state index contributed by atoms with van der Waals surface area (Å²) in [5, 5.41) is 1.02. The van der Waals surface area contributed by atoms with Gasteiger partial charge in [0.25, 0.3) is 0 Å². The Morgan fingerprint density at radius 3 is 2.16 bits per heavy atom. The zero-order valence-electron chi connectivity index (χ0n) is 21.9. The van der Waals surface area contributed by atoms with Crippen LogP contribution in [0.15, 0.2) is 48.5 Å². The van der Waals surface area contributed by atoms with Crippen LogP contribution in [0, 0.1) is 0 Å². The molecule has 4 aromatic rings. The van der Waals surface area contributed by atoms with E-state index in [1.165, 1.54) is 12.8 Å². The van der Waals surface area contributed by atoms with Gasteiger partial charge in [0.2, 0.25) is 0 Å². The molecule has 1 saturated heterocycles. The Hall–Kier alpha value is -3.62.